The lowest BCUT2D eigenvalue weighted by Crippen LogP contribution is -2.41. The number of hydrogen-bond donors (Lipinski definition) is 0. The van der Waals surface area contributed by atoms with Crippen molar-refractivity contribution in [1.29, 1.82) is 0 Å². The Morgan fingerprint density at radius 3 is 2.32 bits per heavy atom. The van der Waals surface area contributed by atoms with Gasteiger partial charge in [0.15, 0.2) is 0 Å². The van der Waals surface area contributed by atoms with Crippen LogP contribution in [0.15, 0.2) is 24.3 Å². The first-order valence-electron chi connectivity index (χ1n) is 7.46. The van der Waals surface area contributed by atoms with E-state index in [9.17, 15) is 4.39 Å². The molecule has 0 aromatic heterocycles. The van der Waals surface area contributed by atoms with Crippen molar-refractivity contribution in [3.63, 3.8) is 0 Å². The van der Waals surface area contributed by atoms with Crippen LogP contribution in [-0.4, -0.2) is 23.2 Å². The summed E-state index contributed by atoms with van der Waals surface area (Å²) in [4.78, 5) is 2.35. The molecule has 2 fully saturated rings. The van der Waals surface area contributed by atoms with Crippen LogP contribution in [0.3, 0.4) is 0 Å². The Kier molecular flexibility index (Phi) is 3.17. The summed E-state index contributed by atoms with van der Waals surface area (Å²) >= 11 is 0. The van der Waals surface area contributed by atoms with Crippen molar-refractivity contribution in [2.45, 2.75) is 63.7 Å². The highest BCUT2D eigenvalue weighted by atomic mass is 19.1. The predicted molar refractivity (Wildman–Crippen MR) is 77.1 cm³/mol. The third-order valence-electron chi connectivity index (χ3n) is 4.48. The third-order valence-corrected chi connectivity index (χ3v) is 4.48. The van der Waals surface area contributed by atoms with Crippen molar-refractivity contribution in [3.8, 4) is 0 Å². The van der Waals surface area contributed by atoms with E-state index in [0.717, 1.165) is 5.92 Å². The predicted octanol–water partition coefficient (Wildman–Crippen LogP) is 4.45. The number of benzene rings is 1. The minimum absolute atomic E-state index is 0.0299. The fourth-order valence-electron chi connectivity index (χ4n) is 3.40. The van der Waals surface area contributed by atoms with Crippen molar-refractivity contribution in [2.24, 2.45) is 0 Å². The molecule has 1 saturated heterocycles. The van der Waals surface area contributed by atoms with Crippen molar-refractivity contribution < 1.29 is 4.39 Å². The van der Waals surface area contributed by atoms with Crippen LogP contribution in [0.1, 0.15) is 63.1 Å². The monoisotopic (exact) mass is 261 g/mol. The molecule has 3 rings (SSSR count). The summed E-state index contributed by atoms with van der Waals surface area (Å²) in [5.74, 6) is 0.733. The Morgan fingerprint density at radius 2 is 1.74 bits per heavy atom. The van der Waals surface area contributed by atoms with Gasteiger partial charge in [-0.05, 0) is 57.1 Å². The molecule has 2 atom stereocenters. The van der Waals surface area contributed by atoms with Crippen LogP contribution in [0.5, 0.6) is 0 Å². The maximum absolute atomic E-state index is 13.9. The first-order chi connectivity index (χ1) is 8.97. The molecular weight excluding hydrogens is 237 g/mol. The molecule has 1 aliphatic carbocycles. The Hall–Kier alpha value is -0.890. The zero-order valence-corrected chi connectivity index (χ0v) is 12.2. The lowest BCUT2D eigenvalue weighted by molar-refractivity contribution is 0.115. The fraction of sp³-hybridized carbons (Fsp3) is 0.647. The van der Waals surface area contributed by atoms with Crippen LogP contribution in [0.4, 0.5) is 4.39 Å². The molecule has 19 heavy (non-hydrogen) atoms. The van der Waals surface area contributed by atoms with E-state index in [-0.39, 0.29) is 11.6 Å². The molecule has 1 saturated carbocycles. The molecule has 0 unspecified atom stereocenters. The largest absolute Gasteiger partial charge is 0.288 e. The molecule has 2 aliphatic rings. The lowest BCUT2D eigenvalue weighted by Gasteiger charge is -2.37. The van der Waals surface area contributed by atoms with Gasteiger partial charge in [-0.25, -0.2) is 4.39 Å². The van der Waals surface area contributed by atoms with Gasteiger partial charge in [0.05, 0.1) is 0 Å². The van der Waals surface area contributed by atoms with E-state index in [4.69, 9.17) is 0 Å². The van der Waals surface area contributed by atoms with Gasteiger partial charge in [-0.3, -0.25) is 4.90 Å². The second-order valence-corrected chi connectivity index (χ2v) is 7.08. The molecule has 1 aliphatic heterocycles. The molecular formula is C17H24FN. The Bertz CT molecular complexity index is 459. The van der Waals surface area contributed by atoms with E-state index in [2.05, 4.69) is 49.9 Å². The summed E-state index contributed by atoms with van der Waals surface area (Å²) in [7, 11) is 0. The van der Waals surface area contributed by atoms with Crippen molar-refractivity contribution in [1.82, 2.24) is 4.90 Å². The molecule has 2 heteroatoms. The van der Waals surface area contributed by atoms with Crippen LogP contribution >= 0.6 is 0 Å². The van der Waals surface area contributed by atoms with Crippen molar-refractivity contribution >= 4 is 0 Å². The van der Waals surface area contributed by atoms with Gasteiger partial charge in [0, 0.05) is 18.1 Å². The lowest BCUT2D eigenvalue weighted by atomic mass is 9.93. The quantitative estimate of drug-likeness (QED) is 0.760. The van der Waals surface area contributed by atoms with Gasteiger partial charge >= 0.3 is 0 Å². The van der Waals surface area contributed by atoms with E-state index in [1.807, 2.05) is 0 Å². The minimum atomic E-state index is -0.684. The molecule has 0 N–H and O–H groups in total. The van der Waals surface area contributed by atoms with Gasteiger partial charge < -0.3 is 0 Å². The summed E-state index contributed by atoms with van der Waals surface area (Å²) in [6, 6.07) is 8.95. The molecule has 104 valence electrons. The molecule has 0 amide bonds. The van der Waals surface area contributed by atoms with E-state index in [0.29, 0.717) is 13.0 Å². The number of nitrogens with zero attached hydrogens (tertiary/aromatic N) is 1. The summed E-state index contributed by atoms with van der Waals surface area (Å²) < 4.78 is 13.9. The number of alkyl halides is 1. The first kappa shape index (κ1) is 13.1. The molecule has 0 spiro atoms. The third kappa shape index (κ3) is 2.55. The van der Waals surface area contributed by atoms with Gasteiger partial charge in [-0.15, -0.1) is 0 Å². The summed E-state index contributed by atoms with van der Waals surface area (Å²) in [6.07, 6.45) is 2.58. The maximum Gasteiger partial charge on any atom is 0.115 e. The van der Waals surface area contributed by atoms with E-state index >= 15 is 0 Å². The van der Waals surface area contributed by atoms with E-state index in [1.165, 1.54) is 24.0 Å². The molecule has 0 bridgehead atoms. The van der Waals surface area contributed by atoms with Gasteiger partial charge in [-0.1, -0.05) is 24.3 Å². The molecule has 1 aromatic carbocycles. The smallest absolute Gasteiger partial charge is 0.115 e. The van der Waals surface area contributed by atoms with E-state index < -0.39 is 6.17 Å². The maximum atomic E-state index is 13.9. The Balaban J connectivity index is 1.96. The van der Waals surface area contributed by atoms with Crippen LogP contribution < -0.4 is 0 Å². The highest BCUT2D eigenvalue weighted by Crippen LogP contribution is 2.47. The average molecular weight is 261 g/mol. The van der Waals surface area contributed by atoms with Gasteiger partial charge in [0.2, 0.25) is 0 Å². The highest BCUT2D eigenvalue weighted by molar-refractivity contribution is 5.36. The van der Waals surface area contributed by atoms with Gasteiger partial charge in [0.25, 0.3) is 0 Å². The number of hydrogen-bond acceptors (Lipinski definition) is 1. The average Bonchev–Trinajstić information content (AvgIpc) is 3.11. The summed E-state index contributed by atoms with van der Waals surface area (Å²) in [5, 5.41) is 0. The van der Waals surface area contributed by atoms with Crippen LogP contribution in [0, 0.1) is 0 Å². The van der Waals surface area contributed by atoms with Gasteiger partial charge in [-0.2, -0.15) is 0 Å². The second kappa shape index (κ2) is 4.59. The highest BCUT2D eigenvalue weighted by Gasteiger charge is 2.41. The summed E-state index contributed by atoms with van der Waals surface area (Å²) in [5.41, 5.74) is 2.87. The first-order valence-corrected chi connectivity index (χ1v) is 7.46. The molecule has 1 nitrogen and oxygen atoms in total. The zero-order chi connectivity index (χ0) is 13.6. The Morgan fingerprint density at radius 1 is 1.11 bits per heavy atom. The van der Waals surface area contributed by atoms with Crippen LogP contribution in [0.25, 0.3) is 0 Å². The van der Waals surface area contributed by atoms with Crippen LogP contribution in [-0.2, 0) is 0 Å². The zero-order valence-electron chi connectivity index (χ0n) is 12.2. The molecule has 0 radical (unpaired) electrons. The van der Waals surface area contributed by atoms with Crippen molar-refractivity contribution in [2.75, 3.05) is 6.54 Å². The van der Waals surface area contributed by atoms with Crippen molar-refractivity contribution in [3.05, 3.63) is 35.4 Å². The van der Waals surface area contributed by atoms with Crippen LogP contribution in [0.2, 0.25) is 0 Å². The summed E-state index contributed by atoms with van der Waals surface area (Å²) in [6.45, 7) is 7.15. The van der Waals surface area contributed by atoms with E-state index in [1.54, 1.807) is 0 Å². The fourth-order valence-corrected chi connectivity index (χ4v) is 3.40. The number of likely N-dealkylation sites (tertiary alicyclic amines) is 1. The standard InChI is InChI=1S/C17H24FN/c1-17(2,3)19-11-13(18)10-16(19)15-7-5-4-6-14(15)12-8-9-12/h4-7,12-13,16H,8-11H2,1-3H3/t13-,16+/m1/s1. The Labute approximate surface area is 115 Å². The number of halogens is 1. The molecule has 1 heterocycles. The van der Waals surface area contributed by atoms with Gasteiger partial charge in [0.1, 0.15) is 6.17 Å². The minimum Gasteiger partial charge on any atom is -0.288 e. The SMILES string of the molecule is CC(C)(C)N1C[C@H](F)C[C@H]1c1ccccc1C1CC1. The number of rotatable bonds is 2. The molecule has 1 aromatic rings. The topological polar surface area (TPSA) is 3.24 Å². The normalized spacial score (nSPS) is 28.8. The second-order valence-electron chi connectivity index (χ2n) is 7.08.